The number of carbonyl (C=O) groups excluding carboxylic acids is 1. The van der Waals surface area contributed by atoms with Gasteiger partial charge in [0.25, 0.3) is 5.91 Å². The van der Waals surface area contributed by atoms with Crippen LogP contribution in [0.5, 0.6) is 0 Å². The molecule has 0 spiro atoms. The standard InChI is InChI=1S/C18H28N2O/c1-4-19-17-11-14(3)7-10-16(17)18(21)20-12-15-8-5-13(2)6-9-15/h7,10-11,13,15,19H,4-6,8-9,12H2,1-3H3,(H,20,21). The van der Waals surface area contributed by atoms with E-state index in [0.29, 0.717) is 5.92 Å². The maximum atomic E-state index is 12.4. The van der Waals surface area contributed by atoms with Crippen molar-refractivity contribution in [3.8, 4) is 0 Å². The Morgan fingerprint density at radius 1 is 1.24 bits per heavy atom. The fourth-order valence-corrected chi connectivity index (χ4v) is 3.06. The third-order valence-electron chi connectivity index (χ3n) is 4.47. The maximum absolute atomic E-state index is 12.4. The molecular formula is C18H28N2O. The molecule has 1 saturated carbocycles. The number of anilines is 1. The number of amides is 1. The first kappa shape index (κ1) is 15.9. The van der Waals surface area contributed by atoms with Crippen LogP contribution in [0.1, 0.15) is 55.5 Å². The average Bonchev–Trinajstić information content (AvgIpc) is 2.47. The number of carbonyl (C=O) groups is 1. The smallest absolute Gasteiger partial charge is 0.253 e. The van der Waals surface area contributed by atoms with Crippen LogP contribution in [0.15, 0.2) is 18.2 Å². The van der Waals surface area contributed by atoms with E-state index in [1.165, 1.54) is 31.2 Å². The molecule has 0 saturated heterocycles. The minimum absolute atomic E-state index is 0.0459. The van der Waals surface area contributed by atoms with Crippen LogP contribution in [-0.2, 0) is 0 Å². The summed E-state index contributed by atoms with van der Waals surface area (Å²) in [6.45, 7) is 8.05. The summed E-state index contributed by atoms with van der Waals surface area (Å²) in [4.78, 5) is 12.4. The molecule has 1 aliphatic carbocycles. The molecule has 1 amide bonds. The van der Waals surface area contributed by atoms with Crippen molar-refractivity contribution in [2.24, 2.45) is 11.8 Å². The van der Waals surface area contributed by atoms with Gasteiger partial charge in [-0.05, 0) is 56.2 Å². The van der Waals surface area contributed by atoms with E-state index in [4.69, 9.17) is 0 Å². The van der Waals surface area contributed by atoms with Crippen LogP contribution in [0.4, 0.5) is 5.69 Å². The Balaban J connectivity index is 1.93. The van der Waals surface area contributed by atoms with Crippen LogP contribution < -0.4 is 10.6 Å². The molecule has 0 bridgehead atoms. The van der Waals surface area contributed by atoms with Gasteiger partial charge >= 0.3 is 0 Å². The molecule has 0 unspecified atom stereocenters. The molecule has 1 aliphatic rings. The Bertz CT molecular complexity index is 476. The zero-order valence-electron chi connectivity index (χ0n) is 13.5. The Labute approximate surface area is 128 Å². The summed E-state index contributed by atoms with van der Waals surface area (Å²) >= 11 is 0. The number of hydrogen-bond donors (Lipinski definition) is 2. The maximum Gasteiger partial charge on any atom is 0.253 e. The summed E-state index contributed by atoms with van der Waals surface area (Å²) in [5, 5.41) is 6.40. The van der Waals surface area contributed by atoms with Crippen molar-refractivity contribution in [3.63, 3.8) is 0 Å². The van der Waals surface area contributed by atoms with Gasteiger partial charge in [0.05, 0.1) is 5.56 Å². The van der Waals surface area contributed by atoms with Gasteiger partial charge in [0.1, 0.15) is 0 Å². The summed E-state index contributed by atoms with van der Waals surface area (Å²) in [5.41, 5.74) is 2.86. The van der Waals surface area contributed by atoms with E-state index in [9.17, 15) is 4.79 Å². The summed E-state index contributed by atoms with van der Waals surface area (Å²) in [6.07, 6.45) is 5.09. The van der Waals surface area contributed by atoms with Gasteiger partial charge < -0.3 is 10.6 Å². The zero-order valence-corrected chi connectivity index (χ0v) is 13.5. The van der Waals surface area contributed by atoms with Crippen molar-refractivity contribution < 1.29 is 4.79 Å². The molecule has 0 heterocycles. The second kappa shape index (κ2) is 7.48. The summed E-state index contributed by atoms with van der Waals surface area (Å²) in [7, 11) is 0. The average molecular weight is 288 g/mol. The molecule has 0 aromatic heterocycles. The predicted molar refractivity (Wildman–Crippen MR) is 88.8 cm³/mol. The van der Waals surface area contributed by atoms with Crippen LogP contribution in [0.2, 0.25) is 0 Å². The van der Waals surface area contributed by atoms with E-state index in [2.05, 4.69) is 17.6 Å². The quantitative estimate of drug-likeness (QED) is 0.860. The van der Waals surface area contributed by atoms with E-state index in [-0.39, 0.29) is 5.91 Å². The normalized spacial score (nSPS) is 21.9. The molecule has 116 valence electrons. The van der Waals surface area contributed by atoms with E-state index < -0.39 is 0 Å². The monoisotopic (exact) mass is 288 g/mol. The highest BCUT2D eigenvalue weighted by Crippen LogP contribution is 2.27. The number of aryl methyl sites for hydroxylation is 1. The molecule has 3 nitrogen and oxygen atoms in total. The minimum Gasteiger partial charge on any atom is -0.385 e. The summed E-state index contributed by atoms with van der Waals surface area (Å²) < 4.78 is 0. The van der Waals surface area contributed by atoms with Gasteiger partial charge in [-0.25, -0.2) is 0 Å². The van der Waals surface area contributed by atoms with Crippen molar-refractivity contribution in [1.82, 2.24) is 5.32 Å². The Morgan fingerprint density at radius 2 is 1.95 bits per heavy atom. The lowest BCUT2D eigenvalue weighted by molar-refractivity contribution is 0.0942. The second-order valence-electron chi connectivity index (χ2n) is 6.42. The lowest BCUT2D eigenvalue weighted by atomic mass is 9.83. The molecule has 1 aromatic carbocycles. The van der Waals surface area contributed by atoms with Crippen LogP contribution in [0.25, 0.3) is 0 Å². The Hall–Kier alpha value is -1.51. The molecule has 0 atom stereocenters. The van der Waals surface area contributed by atoms with Gasteiger partial charge in [-0.15, -0.1) is 0 Å². The SMILES string of the molecule is CCNc1cc(C)ccc1C(=O)NCC1CCC(C)CC1. The van der Waals surface area contributed by atoms with Gasteiger partial charge in [0.2, 0.25) is 0 Å². The predicted octanol–water partition coefficient (Wildman–Crippen LogP) is 3.98. The van der Waals surface area contributed by atoms with Crippen LogP contribution in [-0.4, -0.2) is 19.0 Å². The molecular weight excluding hydrogens is 260 g/mol. The second-order valence-corrected chi connectivity index (χ2v) is 6.42. The van der Waals surface area contributed by atoms with Gasteiger partial charge in [-0.1, -0.05) is 25.8 Å². The van der Waals surface area contributed by atoms with Crippen molar-refractivity contribution in [2.45, 2.75) is 46.5 Å². The van der Waals surface area contributed by atoms with Gasteiger partial charge in [-0.2, -0.15) is 0 Å². The topological polar surface area (TPSA) is 41.1 Å². The number of nitrogens with one attached hydrogen (secondary N) is 2. The minimum atomic E-state index is 0.0459. The molecule has 21 heavy (non-hydrogen) atoms. The fourth-order valence-electron chi connectivity index (χ4n) is 3.06. The highest BCUT2D eigenvalue weighted by atomic mass is 16.1. The highest BCUT2D eigenvalue weighted by Gasteiger charge is 2.19. The lowest BCUT2D eigenvalue weighted by Gasteiger charge is -2.26. The Kier molecular flexibility index (Phi) is 5.66. The molecule has 1 fully saturated rings. The number of benzene rings is 1. The van der Waals surface area contributed by atoms with E-state index in [0.717, 1.165) is 30.3 Å². The van der Waals surface area contributed by atoms with Crippen LogP contribution in [0, 0.1) is 18.8 Å². The van der Waals surface area contributed by atoms with Gasteiger partial charge in [0.15, 0.2) is 0 Å². The largest absolute Gasteiger partial charge is 0.385 e. The molecule has 0 radical (unpaired) electrons. The molecule has 0 aliphatic heterocycles. The summed E-state index contributed by atoms with van der Waals surface area (Å²) in [6, 6.07) is 5.96. The third-order valence-corrected chi connectivity index (χ3v) is 4.47. The molecule has 2 N–H and O–H groups in total. The van der Waals surface area contributed by atoms with Crippen molar-refractivity contribution >= 4 is 11.6 Å². The highest BCUT2D eigenvalue weighted by molar-refractivity contribution is 5.99. The van der Waals surface area contributed by atoms with Crippen LogP contribution in [0.3, 0.4) is 0 Å². The van der Waals surface area contributed by atoms with E-state index >= 15 is 0 Å². The first-order valence-corrected chi connectivity index (χ1v) is 8.22. The first-order valence-electron chi connectivity index (χ1n) is 8.22. The van der Waals surface area contributed by atoms with Crippen molar-refractivity contribution in [2.75, 3.05) is 18.4 Å². The van der Waals surface area contributed by atoms with Gasteiger partial charge in [0, 0.05) is 18.8 Å². The van der Waals surface area contributed by atoms with Gasteiger partial charge in [-0.3, -0.25) is 4.79 Å². The van der Waals surface area contributed by atoms with Crippen LogP contribution >= 0.6 is 0 Å². The van der Waals surface area contributed by atoms with E-state index in [1.54, 1.807) is 0 Å². The molecule has 1 aromatic rings. The van der Waals surface area contributed by atoms with E-state index in [1.807, 2.05) is 32.0 Å². The Morgan fingerprint density at radius 3 is 2.62 bits per heavy atom. The van der Waals surface area contributed by atoms with Crippen molar-refractivity contribution in [1.29, 1.82) is 0 Å². The first-order chi connectivity index (χ1) is 10.1. The summed E-state index contributed by atoms with van der Waals surface area (Å²) in [5.74, 6) is 1.55. The third kappa shape index (κ3) is 4.48. The number of rotatable bonds is 5. The lowest BCUT2D eigenvalue weighted by Crippen LogP contribution is -2.31. The van der Waals surface area contributed by atoms with Crippen molar-refractivity contribution in [3.05, 3.63) is 29.3 Å². The number of hydrogen-bond acceptors (Lipinski definition) is 2. The zero-order chi connectivity index (χ0) is 15.2. The molecule has 3 heteroatoms. The fraction of sp³-hybridized carbons (Fsp3) is 0.611. The molecule has 2 rings (SSSR count).